The maximum absolute atomic E-state index is 12.5. The van der Waals surface area contributed by atoms with Crippen LogP contribution in [0.5, 0.6) is 0 Å². The number of carbonyl (C=O) groups is 1. The number of carbonyl (C=O) groups excluding carboxylic acids is 1. The minimum atomic E-state index is -0.0579. The first kappa shape index (κ1) is 19.5. The Labute approximate surface area is 166 Å². The zero-order chi connectivity index (χ0) is 17.3. The molecule has 0 saturated carbocycles. The van der Waals surface area contributed by atoms with E-state index in [9.17, 15) is 4.79 Å². The van der Waals surface area contributed by atoms with Crippen LogP contribution in [0, 0.1) is 0 Å². The number of Topliss-reactive ketones (excluding diaryl/α,β-unsaturated/α-hetero) is 1. The molecule has 0 amide bonds. The van der Waals surface area contributed by atoms with E-state index in [1.165, 1.54) is 0 Å². The van der Waals surface area contributed by atoms with E-state index in [1.54, 1.807) is 28.8 Å². The highest BCUT2D eigenvalue weighted by atomic mass is 79.9. The van der Waals surface area contributed by atoms with Gasteiger partial charge in [-0.3, -0.25) is 10.5 Å². The highest BCUT2D eigenvalue weighted by molar-refractivity contribution is 6.31. The highest BCUT2D eigenvalue weighted by Crippen LogP contribution is 2.23. The van der Waals surface area contributed by atoms with E-state index in [2.05, 4.69) is 0 Å². The van der Waals surface area contributed by atoms with Gasteiger partial charge in [0.15, 0.2) is 5.78 Å². The SMILES string of the molecule is Cn1c(-c2cccc(Cl)c2)c[n+](CC(=O)c2cccc(Cl)c2)c1N.[Br-]. The fourth-order valence-corrected chi connectivity index (χ4v) is 2.95. The Bertz CT molecular complexity index is 924. The summed E-state index contributed by atoms with van der Waals surface area (Å²) in [6.07, 6.45) is 1.85. The third-order valence-electron chi connectivity index (χ3n) is 3.86. The van der Waals surface area contributed by atoms with E-state index in [-0.39, 0.29) is 29.3 Å². The number of anilines is 1. The number of nitrogens with zero attached hydrogens (tertiary/aromatic N) is 2. The molecule has 130 valence electrons. The zero-order valence-electron chi connectivity index (χ0n) is 13.4. The predicted octanol–water partition coefficient (Wildman–Crippen LogP) is 0.755. The van der Waals surface area contributed by atoms with Gasteiger partial charge >= 0.3 is 5.95 Å². The van der Waals surface area contributed by atoms with Gasteiger partial charge in [-0.05, 0) is 24.3 Å². The van der Waals surface area contributed by atoms with Gasteiger partial charge in [-0.25, -0.2) is 9.13 Å². The van der Waals surface area contributed by atoms with Crippen LogP contribution in [0.25, 0.3) is 11.3 Å². The monoisotopic (exact) mass is 439 g/mol. The summed E-state index contributed by atoms with van der Waals surface area (Å²) in [5.41, 5.74) is 8.53. The molecule has 0 fully saturated rings. The summed E-state index contributed by atoms with van der Waals surface area (Å²) in [6.45, 7) is 0.139. The molecule has 1 aromatic heterocycles. The zero-order valence-corrected chi connectivity index (χ0v) is 16.5. The lowest BCUT2D eigenvalue weighted by Gasteiger charge is -2.01. The van der Waals surface area contributed by atoms with Gasteiger partial charge in [0.25, 0.3) is 0 Å². The summed E-state index contributed by atoms with van der Waals surface area (Å²) in [4.78, 5) is 12.5. The molecule has 0 atom stereocenters. The lowest BCUT2D eigenvalue weighted by atomic mass is 10.1. The van der Waals surface area contributed by atoms with Crippen molar-refractivity contribution in [3.63, 3.8) is 0 Å². The summed E-state index contributed by atoms with van der Waals surface area (Å²) >= 11 is 12.0. The van der Waals surface area contributed by atoms with Gasteiger partial charge in [0.05, 0.1) is 7.05 Å². The Morgan fingerprint density at radius 2 is 1.76 bits per heavy atom. The number of hydrogen-bond donors (Lipinski definition) is 1. The molecule has 4 nitrogen and oxygen atoms in total. The van der Waals surface area contributed by atoms with Crippen LogP contribution in [0.2, 0.25) is 10.0 Å². The van der Waals surface area contributed by atoms with Crippen molar-refractivity contribution in [1.82, 2.24) is 4.57 Å². The second-order valence-electron chi connectivity index (χ2n) is 5.50. The molecule has 0 bridgehead atoms. The molecule has 2 N–H and O–H groups in total. The van der Waals surface area contributed by atoms with Gasteiger partial charge < -0.3 is 17.0 Å². The lowest BCUT2D eigenvalue weighted by Crippen LogP contribution is -3.00. The third kappa shape index (κ3) is 4.24. The minimum Gasteiger partial charge on any atom is -1.00 e. The van der Waals surface area contributed by atoms with Crippen molar-refractivity contribution in [3.8, 4) is 11.3 Å². The fraction of sp³-hybridized carbons (Fsp3) is 0.111. The largest absolute Gasteiger partial charge is 1.00 e. The van der Waals surface area contributed by atoms with Crippen LogP contribution in [-0.4, -0.2) is 10.4 Å². The second-order valence-corrected chi connectivity index (χ2v) is 6.38. The summed E-state index contributed by atoms with van der Waals surface area (Å²) in [5, 5.41) is 1.18. The molecule has 0 unspecified atom stereocenters. The number of halogens is 3. The van der Waals surface area contributed by atoms with E-state index in [0.29, 0.717) is 21.6 Å². The number of imidazole rings is 1. The first-order valence-electron chi connectivity index (χ1n) is 7.35. The Balaban J connectivity index is 0.00000225. The van der Waals surface area contributed by atoms with E-state index in [4.69, 9.17) is 28.9 Å². The second kappa shape index (κ2) is 8.04. The molecule has 0 spiro atoms. The van der Waals surface area contributed by atoms with Gasteiger partial charge in [-0.15, -0.1) is 0 Å². The molecule has 1 heterocycles. The maximum atomic E-state index is 12.5. The molecular formula is C18H16BrCl2N3O. The van der Waals surface area contributed by atoms with Gasteiger partial charge in [0.2, 0.25) is 0 Å². The van der Waals surface area contributed by atoms with Crippen molar-refractivity contribution in [2.24, 2.45) is 7.05 Å². The van der Waals surface area contributed by atoms with Crippen molar-refractivity contribution >= 4 is 34.9 Å². The van der Waals surface area contributed by atoms with Crippen molar-refractivity contribution < 1.29 is 26.3 Å². The molecule has 0 aliphatic carbocycles. The number of benzene rings is 2. The summed E-state index contributed by atoms with van der Waals surface area (Å²) in [5.74, 6) is 0.429. The fourth-order valence-electron chi connectivity index (χ4n) is 2.57. The average Bonchev–Trinajstić information content (AvgIpc) is 2.83. The maximum Gasteiger partial charge on any atom is 0.355 e. The lowest BCUT2D eigenvalue weighted by molar-refractivity contribution is -0.667. The molecule has 3 rings (SSSR count). The number of nitrogen functional groups attached to an aromatic ring is 1. The molecule has 7 heteroatoms. The molecule has 2 aromatic carbocycles. The number of ketones is 1. The first-order chi connectivity index (χ1) is 11.5. The molecule has 0 saturated heterocycles. The van der Waals surface area contributed by atoms with E-state index in [1.807, 2.05) is 42.1 Å². The average molecular weight is 441 g/mol. The van der Waals surface area contributed by atoms with Crippen LogP contribution in [0.1, 0.15) is 10.4 Å². The first-order valence-corrected chi connectivity index (χ1v) is 8.10. The van der Waals surface area contributed by atoms with Crippen LogP contribution in [-0.2, 0) is 13.6 Å². The Hall–Kier alpha value is -1.82. The molecule has 0 aliphatic rings. The number of nitrogens with two attached hydrogens (primary N) is 1. The Morgan fingerprint density at radius 1 is 1.12 bits per heavy atom. The van der Waals surface area contributed by atoms with Gasteiger partial charge in [-0.1, -0.05) is 47.5 Å². The van der Waals surface area contributed by atoms with Gasteiger partial charge in [-0.2, -0.15) is 0 Å². The quantitative estimate of drug-likeness (QED) is 0.481. The molecular weight excluding hydrogens is 425 g/mol. The highest BCUT2D eigenvalue weighted by Gasteiger charge is 2.20. The Kier molecular flexibility index (Phi) is 6.27. The minimum absolute atomic E-state index is 0. The summed E-state index contributed by atoms with van der Waals surface area (Å²) in [6, 6.07) is 14.4. The van der Waals surface area contributed by atoms with E-state index < -0.39 is 0 Å². The number of aromatic nitrogens is 2. The van der Waals surface area contributed by atoms with E-state index >= 15 is 0 Å². The molecule has 0 aliphatic heterocycles. The van der Waals surface area contributed by atoms with Crippen LogP contribution < -0.4 is 27.3 Å². The van der Waals surface area contributed by atoms with Crippen LogP contribution in [0.3, 0.4) is 0 Å². The normalized spacial score (nSPS) is 10.4. The smallest absolute Gasteiger partial charge is 0.355 e. The van der Waals surface area contributed by atoms with Crippen LogP contribution in [0.15, 0.2) is 54.7 Å². The Morgan fingerprint density at radius 3 is 2.40 bits per heavy atom. The van der Waals surface area contributed by atoms with Crippen molar-refractivity contribution in [3.05, 3.63) is 70.3 Å². The van der Waals surface area contributed by atoms with Crippen LogP contribution >= 0.6 is 23.2 Å². The molecule has 25 heavy (non-hydrogen) atoms. The van der Waals surface area contributed by atoms with Crippen molar-refractivity contribution in [2.75, 3.05) is 5.73 Å². The molecule has 3 aromatic rings. The summed E-state index contributed by atoms with van der Waals surface area (Å²) in [7, 11) is 1.85. The molecule has 0 radical (unpaired) electrons. The van der Waals surface area contributed by atoms with Crippen molar-refractivity contribution in [2.45, 2.75) is 6.54 Å². The number of rotatable bonds is 4. The van der Waals surface area contributed by atoms with E-state index in [0.717, 1.165) is 11.3 Å². The predicted molar refractivity (Wildman–Crippen MR) is 96.2 cm³/mol. The summed E-state index contributed by atoms with van der Waals surface area (Å²) < 4.78 is 3.55. The van der Waals surface area contributed by atoms with Gasteiger partial charge in [0, 0.05) is 21.2 Å². The van der Waals surface area contributed by atoms with Crippen molar-refractivity contribution in [1.29, 1.82) is 0 Å². The standard InChI is InChI=1S/C18H15Cl2N3O.BrH/c1-22-16(12-4-2-6-14(19)8-12)10-23(18(22)21)11-17(24)13-5-3-7-15(20)9-13;/h2-10,21H,11H2,1H3;1H. The van der Waals surface area contributed by atoms with Gasteiger partial charge in [0.1, 0.15) is 18.4 Å². The van der Waals surface area contributed by atoms with Crippen LogP contribution in [0.4, 0.5) is 5.95 Å². The topological polar surface area (TPSA) is 51.9 Å². The number of hydrogen-bond acceptors (Lipinski definition) is 2. The third-order valence-corrected chi connectivity index (χ3v) is 4.33.